The van der Waals surface area contributed by atoms with Crippen LogP contribution in [0.15, 0.2) is 39.5 Å². The Morgan fingerprint density at radius 1 is 1.21 bits per heavy atom. The fourth-order valence-electron chi connectivity index (χ4n) is 3.54. The van der Waals surface area contributed by atoms with Gasteiger partial charge in [0.2, 0.25) is 11.8 Å². The van der Waals surface area contributed by atoms with Gasteiger partial charge in [0.1, 0.15) is 18.5 Å². The Morgan fingerprint density at radius 2 is 1.96 bits per heavy atom. The van der Waals surface area contributed by atoms with Crippen LogP contribution >= 0.6 is 0 Å². The molecule has 0 unspecified atom stereocenters. The molecule has 1 saturated heterocycles. The van der Waals surface area contributed by atoms with Crippen LogP contribution in [0.1, 0.15) is 24.4 Å². The highest BCUT2D eigenvalue weighted by atomic mass is 16.5. The minimum Gasteiger partial charge on any atom is -0.474 e. The second-order valence-corrected chi connectivity index (χ2v) is 7.01. The Bertz CT molecular complexity index is 1040. The molecule has 8 nitrogen and oxygen atoms in total. The lowest BCUT2D eigenvalue weighted by Crippen LogP contribution is -2.43. The lowest BCUT2D eigenvalue weighted by Gasteiger charge is -2.32. The number of para-hydroxylation sites is 2. The van der Waals surface area contributed by atoms with E-state index in [1.165, 1.54) is 4.57 Å². The molecule has 0 bridgehead atoms. The van der Waals surface area contributed by atoms with Gasteiger partial charge in [0.05, 0.1) is 5.52 Å². The Labute approximate surface area is 161 Å². The molecule has 28 heavy (non-hydrogen) atoms. The van der Waals surface area contributed by atoms with Gasteiger partial charge in [0, 0.05) is 37.7 Å². The molecular formula is C20H22N4O4. The molecule has 0 spiro atoms. The zero-order valence-electron chi connectivity index (χ0n) is 15.9. The van der Waals surface area contributed by atoms with Gasteiger partial charge in [-0.2, -0.15) is 4.98 Å². The van der Waals surface area contributed by atoms with E-state index in [4.69, 9.17) is 9.15 Å². The van der Waals surface area contributed by atoms with Crippen LogP contribution in [0.5, 0.6) is 5.88 Å². The standard InChI is InChI=1S/C20H22N4O4/c1-13-11-18(22-14(2)21-13)27-15-7-9-23(10-8-15)19(25)12-24-16-5-3-4-6-17(16)28-20(24)26/h3-6,11,15H,7-10,12H2,1-2H3. The number of nitrogens with zero attached hydrogens (tertiary/aromatic N) is 4. The summed E-state index contributed by atoms with van der Waals surface area (Å²) in [5, 5.41) is 0. The SMILES string of the molecule is Cc1cc(OC2CCN(C(=O)Cn3c(=O)oc4ccccc43)CC2)nc(C)n1. The van der Waals surface area contributed by atoms with Crippen LogP contribution < -0.4 is 10.5 Å². The van der Waals surface area contributed by atoms with E-state index in [0.29, 0.717) is 35.9 Å². The first-order chi connectivity index (χ1) is 13.5. The fourth-order valence-corrected chi connectivity index (χ4v) is 3.54. The summed E-state index contributed by atoms with van der Waals surface area (Å²) >= 11 is 0. The molecule has 1 fully saturated rings. The molecule has 3 heterocycles. The summed E-state index contributed by atoms with van der Waals surface area (Å²) in [5.74, 6) is 0.648. The number of piperidine rings is 1. The lowest BCUT2D eigenvalue weighted by molar-refractivity contribution is -0.133. The van der Waals surface area contributed by atoms with Gasteiger partial charge in [-0.3, -0.25) is 9.36 Å². The Hall–Kier alpha value is -3.16. The molecule has 3 aromatic rings. The number of amides is 1. The molecule has 8 heteroatoms. The van der Waals surface area contributed by atoms with Crippen molar-refractivity contribution in [3.63, 3.8) is 0 Å². The van der Waals surface area contributed by atoms with Crippen LogP contribution in [-0.4, -0.2) is 44.5 Å². The van der Waals surface area contributed by atoms with E-state index in [1.807, 2.05) is 26.0 Å². The van der Waals surface area contributed by atoms with Crippen LogP contribution in [0.3, 0.4) is 0 Å². The van der Waals surface area contributed by atoms with E-state index >= 15 is 0 Å². The largest absolute Gasteiger partial charge is 0.474 e. The third-order valence-electron chi connectivity index (χ3n) is 4.89. The molecule has 0 saturated carbocycles. The molecule has 1 aliphatic heterocycles. The van der Waals surface area contributed by atoms with Crippen molar-refractivity contribution in [2.75, 3.05) is 13.1 Å². The minimum atomic E-state index is -0.512. The summed E-state index contributed by atoms with van der Waals surface area (Å²) in [6.45, 7) is 4.88. The van der Waals surface area contributed by atoms with E-state index in [0.717, 1.165) is 18.5 Å². The maximum atomic E-state index is 12.7. The van der Waals surface area contributed by atoms with E-state index in [-0.39, 0.29) is 18.6 Å². The third-order valence-corrected chi connectivity index (χ3v) is 4.89. The van der Waals surface area contributed by atoms with Crippen molar-refractivity contribution in [1.29, 1.82) is 0 Å². The average molecular weight is 382 g/mol. The summed E-state index contributed by atoms with van der Waals surface area (Å²) in [4.78, 5) is 35.1. The topological polar surface area (TPSA) is 90.5 Å². The monoisotopic (exact) mass is 382 g/mol. The lowest BCUT2D eigenvalue weighted by atomic mass is 10.1. The highest BCUT2D eigenvalue weighted by Gasteiger charge is 2.25. The second kappa shape index (κ2) is 7.46. The van der Waals surface area contributed by atoms with Crippen molar-refractivity contribution in [2.45, 2.75) is 39.3 Å². The van der Waals surface area contributed by atoms with E-state index in [9.17, 15) is 9.59 Å². The average Bonchev–Trinajstić information content (AvgIpc) is 2.97. The summed E-state index contributed by atoms with van der Waals surface area (Å²) in [6, 6.07) is 8.93. The first kappa shape index (κ1) is 18.2. The maximum absolute atomic E-state index is 12.7. The molecule has 0 N–H and O–H groups in total. The van der Waals surface area contributed by atoms with Gasteiger partial charge in [-0.05, 0) is 26.0 Å². The van der Waals surface area contributed by atoms with Crippen molar-refractivity contribution < 1.29 is 13.9 Å². The van der Waals surface area contributed by atoms with Crippen LogP contribution in [0.4, 0.5) is 0 Å². The number of hydrogen-bond acceptors (Lipinski definition) is 6. The van der Waals surface area contributed by atoms with Crippen molar-refractivity contribution in [3.8, 4) is 5.88 Å². The van der Waals surface area contributed by atoms with E-state index in [2.05, 4.69) is 9.97 Å². The number of benzene rings is 1. The summed E-state index contributed by atoms with van der Waals surface area (Å²) in [7, 11) is 0. The van der Waals surface area contributed by atoms with Crippen LogP contribution in [0, 0.1) is 13.8 Å². The van der Waals surface area contributed by atoms with Crippen molar-refractivity contribution >= 4 is 17.0 Å². The third kappa shape index (κ3) is 3.76. The van der Waals surface area contributed by atoms with Crippen molar-refractivity contribution in [3.05, 3.63) is 52.4 Å². The molecule has 2 aromatic heterocycles. The molecular weight excluding hydrogens is 360 g/mol. The molecule has 1 aromatic carbocycles. The molecule has 0 radical (unpaired) electrons. The number of carbonyl (C=O) groups excluding carboxylic acids is 1. The molecule has 0 aliphatic carbocycles. The molecule has 4 rings (SSSR count). The maximum Gasteiger partial charge on any atom is 0.420 e. The quantitative estimate of drug-likeness (QED) is 0.686. The van der Waals surface area contributed by atoms with Gasteiger partial charge in [-0.1, -0.05) is 12.1 Å². The van der Waals surface area contributed by atoms with Crippen LogP contribution in [0.2, 0.25) is 0 Å². The number of rotatable bonds is 4. The van der Waals surface area contributed by atoms with Gasteiger partial charge < -0.3 is 14.1 Å². The number of fused-ring (bicyclic) bond motifs is 1. The van der Waals surface area contributed by atoms with Crippen molar-refractivity contribution in [2.24, 2.45) is 0 Å². The predicted molar refractivity (Wildman–Crippen MR) is 102 cm³/mol. The highest BCUT2D eigenvalue weighted by Crippen LogP contribution is 2.19. The van der Waals surface area contributed by atoms with Crippen LogP contribution in [0.25, 0.3) is 11.1 Å². The molecule has 1 aliphatic rings. The number of aromatic nitrogens is 3. The highest BCUT2D eigenvalue weighted by molar-refractivity contribution is 5.79. The summed E-state index contributed by atoms with van der Waals surface area (Å²) in [5.41, 5.74) is 1.99. The van der Waals surface area contributed by atoms with Gasteiger partial charge >= 0.3 is 5.76 Å². The second-order valence-electron chi connectivity index (χ2n) is 7.01. The predicted octanol–water partition coefficient (Wildman–Crippen LogP) is 2.07. The summed E-state index contributed by atoms with van der Waals surface area (Å²) in [6.07, 6.45) is 1.44. The Balaban J connectivity index is 1.37. The first-order valence-corrected chi connectivity index (χ1v) is 9.35. The molecule has 0 atom stereocenters. The normalized spacial score (nSPS) is 15.1. The Morgan fingerprint density at radius 3 is 2.71 bits per heavy atom. The number of likely N-dealkylation sites (tertiary alicyclic amines) is 1. The van der Waals surface area contributed by atoms with Gasteiger partial charge in [0.15, 0.2) is 5.58 Å². The number of ether oxygens (including phenoxy) is 1. The van der Waals surface area contributed by atoms with Gasteiger partial charge in [0.25, 0.3) is 0 Å². The summed E-state index contributed by atoms with van der Waals surface area (Å²) < 4.78 is 12.5. The zero-order chi connectivity index (χ0) is 19.7. The fraction of sp³-hybridized carbons (Fsp3) is 0.400. The minimum absolute atomic E-state index is 0.00947. The number of carbonyl (C=O) groups is 1. The smallest absolute Gasteiger partial charge is 0.420 e. The van der Waals surface area contributed by atoms with E-state index in [1.54, 1.807) is 23.1 Å². The van der Waals surface area contributed by atoms with Crippen molar-refractivity contribution in [1.82, 2.24) is 19.4 Å². The number of hydrogen-bond donors (Lipinski definition) is 0. The van der Waals surface area contributed by atoms with Crippen LogP contribution in [-0.2, 0) is 11.3 Å². The van der Waals surface area contributed by atoms with E-state index < -0.39 is 5.76 Å². The zero-order valence-corrected chi connectivity index (χ0v) is 15.9. The molecule has 146 valence electrons. The van der Waals surface area contributed by atoms with Gasteiger partial charge in [-0.25, -0.2) is 9.78 Å². The number of aryl methyl sites for hydroxylation is 2. The van der Waals surface area contributed by atoms with Gasteiger partial charge in [-0.15, -0.1) is 0 Å². The number of oxazole rings is 1. The Kier molecular flexibility index (Phi) is 4.85. The first-order valence-electron chi connectivity index (χ1n) is 9.35. The molecule has 1 amide bonds.